The van der Waals surface area contributed by atoms with E-state index in [1.54, 1.807) is 0 Å². The van der Waals surface area contributed by atoms with E-state index in [1.165, 1.54) is 0 Å². The molecule has 5 fully saturated rings. The van der Waals surface area contributed by atoms with Gasteiger partial charge in [0.15, 0.2) is 31.5 Å². The van der Waals surface area contributed by atoms with Gasteiger partial charge in [-0.05, 0) is 0 Å². The number of hydrogen-bond donors (Lipinski definition) is 22. The lowest BCUT2D eigenvalue weighted by atomic mass is 9.93. The van der Waals surface area contributed by atoms with Crippen molar-refractivity contribution in [2.75, 3.05) is 46.2 Å². The summed E-state index contributed by atoms with van der Waals surface area (Å²) in [5, 5.41) is 189. The fourth-order valence-electron chi connectivity index (χ4n) is 9.48. The van der Waals surface area contributed by atoms with Crippen molar-refractivity contribution in [3.05, 3.63) is 0 Å². The van der Waals surface area contributed by atoms with Gasteiger partial charge in [0.05, 0.1) is 52.3 Å². The summed E-state index contributed by atoms with van der Waals surface area (Å²) in [7, 11) is -5.30. The molecule has 0 aromatic heterocycles. The molecule has 5 rings (SSSR count). The molecule has 37 nitrogen and oxygen atoms in total. The van der Waals surface area contributed by atoms with Gasteiger partial charge in [0.2, 0.25) is 17.7 Å². The highest BCUT2D eigenvalue weighted by atomic mass is 31.2. The second-order valence-corrected chi connectivity index (χ2v) is 20.6. The molecule has 5 heterocycles. The van der Waals surface area contributed by atoms with Crippen molar-refractivity contribution in [1.29, 1.82) is 0 Å². The smallest absolute Gasteiger partial charge is 0.394 e. The summed E-state index contributed by atoms with van der Waals surface area (Å²) in [6.07, 6.45) is -53.6. The van der Waals surface area contributed by atoms with Crippen LogP contribution in [0.1, 0.15) is 20.8 Å². The summed E-state index contributed by atoms with van der Waals surface area (Å²) in [4.78, 5) is 57.1. The molecule has 0 aromatic carbocycles. The van der Waals surface area contributed by atoms with Crippen LogP contribution in [0.15, 0.2) is 0 Å². The first kappa shape index (κ1) is 68.2. The van der Waals surface area contributed by atoms with E-state index in [0.717, 1.165) is 20.8 Å². The highest BCUT2D eigenvalue weighted by Gasteiger charge is 2.58. The van der Waals surface area contributed by atoms with Crippen molar-refractivity contribution in [3.8, 4) is 0 Å². The van der Waals surface area contributed by atoms with Crippen LogP contribution in [0.2, 0.25) is 0 Å². The van der Waals surface area contributed by atoms with Crippen LogP contribution in [-0.4, -0.2) is 338 Å². The topological polar surface area (TPSA) is 590 Å². The van der Waals surface area contributed by atoms with E-state index in [0.29, 0.717) is 0 Å². The van der Waals surface area contributed by atoms with Gasteiger partial charge in [-0.1, -0.05) is 0 Å². The Morgan fingerprint density at radius 3 is 1.35 bits per heavy atom. The molecule has 0 saturated carbocycles. The number of aliphatic hydroxyl groups is 17. The van der Waals surface area contributed by atoms with Gasteiger partial charge < -0.3 is 160 Å². The van der Waals surface area contributed by atoms with Crippen molar-refractivity contribution in [3.63, 3.8) is 0 Å². The summed E-state index contributed by atoms with van der Waals surface area (Å²) in [6.45, 7) is -4.98. The van der Waals surface area contributed by atoms with Crippen LogP contribution < -0.4 is 16.0 Å². The molecule has 0 radical (unpaired) electrons. The number of carbonyl (C=O) groups is 3. The lowest BCUT2D eigenvalue weighted by molar-refractivity contribution is -0.385. The lowest BCUT2D eigenvalue weighted by Gasteiger charge is -2.52. The van der Waals surface area contributed by atoms with Crippen LogP contribution >= 0.6 is 7.82 Å². The quantitative estimate of drug-likeness (QED) is 0.0378. The van der Waals surface area contributed by atoms with Gasteiger partial charge in [-0.25, -0.2) is 4.57 Å². The minimum Gasteiger partial charge on any atom is -0.394 e. The second-order valence-electron chi connectivity index (χ2n) is 19.3. The van der Waals surface area contributed by atoms with Crippen LogP contribution in [0, 0.1) is 0 Å². The largest absolute Gasteiger partial charge is 0.469 e. The Balaban J connectivity index is 1.56. The number of rotatable bonds is 25. The van der Waals surface area contributed by atoms with E-state index >= 15 is 0 Å². The summed E-state index contributed by atoms with van der Waals surface area (Å²) in [6, 6.07) is -5.66. The Morgan fingerprint density at radius 1 is 0.463 bits per heavy atom. The van der Waals surface area contributed by atoms with Crippen molar-refractivity contribution < 1.29 is 167 Å². The van der Waals surface area contributed by atoms with Crippen LogP contribution in [0.5, 0.6) is 0 Å². The summed E-state index contributed by atoms with van der Waals surface area (Å²) >= 11 is 0. The minimum absolute atomic E-state index is 0.856. The Bertz CT molecular complexity index is 2000. The number of nitrogens with one attached hydrogen (secondary N) is 3. The molecule has 0 aliphatic carbocycles. The van der Waals surface area contributed by atoms with Crippen LogP contribution in [0.3, 0.4) is 0 Å². The molecule has 3 amide bonds. The van der Waals surface area contributed by atoms with Crippen molar-refractivity contribution in [2.45, 2.75) is 199 Å². The standard InChI is InChI=1S/C42H74N3O34P/c1-11(52)43-14(4-46)33(75-40-30(63)27(60)23(56)16(6-48)70-40)34(15(55)5-47)76-38-21(44-12(2)53)26(59)35(18(8-50)72-38)77-39-22(45-13(3)54)37(79-42-32(65)29(62)25(58)20(74-42)10-69-80(66,67)68)36(19(9-51)73-39)78-41-31(64)28(61)24(57)17(7-49)71-41/h14-42,46-51,55-65H,4-10H2,1-3H3,(H,43,52)(H,44,53)(H,45,54)(H2,66,67,68)/t14-,15+,16+,17+,18+,19+,20+,21+,22+,23+,24+,25-,26+,27-,28-,29-,30+,31+,32+,33+,34-,35+,36-,37+,38+,39-,40-,41+,42-/m0/s1. The normalized spacial score (nSPS) is 42.4. The number of aliphatic hydroxyl groups excluding tert-OH is 17. The zero-order valence-electron chi connectivity index (χ0n) is 42.8. The van der Waals surface area contributed by atoms with Crippen LogP contribution in [0.4, 0.5) is 0 Å². The van der Waals surface area contributed by atoms with Gasteiger partial charge >= 0.3 is 7.82 Å². The highest BCUT2D eigenvalue weighted by Crippen LogP contribution is 2.39. The predicted molar refractivity (Wildman–Crippen MR) is 247 cm³/mol. The lowest BCUT2D eigenvalue weighted by Crippen LogP contribution is -2.72. The Morgan fingerprint density at radius 2 is 0.875 bits per heavy atom. The average molecular weight is 1200 g/mol. The molecule has 38 heteroatoms. The van der Waals surface area contributed by atoms with Gasteiger partial charge in [-0.15, -0.1) is 0 Å². The predicted octanol–water partition coefficient (Wildman–Crippen LogP) is -13.9. The molecular weight excluding hydrogens is 1120 g/mol. The molecule has 5 aliphatic rings. The molecule has 5 saturated heterocycles. The first-order valence-corrected chi connectivity index (χ1v) is 26.3. The third kappa shape index (κ3) is 16.4. The summed E-state index contributed by atoms with van der Waals surface area (Å²) in [5.41, 5.74) is 0. The first-order valence-electron chi connectivity index (χ1n) is 24.8. The number of ether oxygens (including phenoxy) is 10. The SMILES string of the molecule is CC(=O)N[C@H]1[C@@H](O[C@H]([C@H](O[C@@H]2O[C@H](CO)[C@@H](O)[C@H](O)[C@H]2O)[C@H](CO)NC(C)=O)[C@H](O)CO)O[C@H](CO)[C@@H](O[C@@H]2O[C@H](CO)[C@H](O[C@H]3O[C@H](CO)[C@@H](O)[C@H](O)[C@H]3O)[C@H](O[C@@H]3O[C@H](COP(=O)(O)O)[C@H](O)[C@H](O)[C@H]3O)[C@H]2NC(C)=O)[C@@H]1O. The van der Waals surface area contributed by atoms with E-state index in [9.17, 15) is 116 Å². The number of hydrogen-bond acceptors (Lipinski definition) is 32. The maximum Gasteiger partial charge on any atom is 0.469 e. The van der Waals surface area contributed by atoms with Crippen molar-refractivity contribution in [1.82, 2.24) is 16.0 Å². The van der Waals surface area contributed by atoms with Crippen LogP contribution in [-0.2, 0) is 70.8 Å². The maximum absolute atomic E-state index is 13.1. The molecule has 29 atom stereocenters. The summed E-state index contributed by atoms with van der Waals surface area (Å²) < 4.78 is 74.9. The van der Waals surface area contributed by atoms with Crippen molar-refractivity contribution in [2.24, 2.45) is 0 Å². The molecule has 22 N–H and O–H groups in total. The fourth-order valence-corrected chi connectivity index (χ4v) is 9.82. The fraction of sp³-hybridized carbons (Fsp3) is 0.929. The minimum atomic E-state index is -5.30. The maximum atomic E-state index is 13.1. The van der Waals surface area contributed by atoms with Crippen molar-refractivity contribution >= 4 is 25.5 Å². The monoisotopic (exact) mass is 1200 g/mol. The number of amides is 3. The Labute approximate surface area is 453 Å². The number of phosphoric acid groups is 1. The second kappa shape index (κ2) is 30.0. The van der Waals surface area contributed by atoms with Gasteiger partial charge in [0.1, 0.15) is 140 Å². The van der Waals surface area contributed by atoms with E-state index in [1.807, 2.05) is 0 Å². The molecule has 80 heavy (non-hydrogen) atoms. The van der Waals surface area contributed by atoms with E-state index in [4.69, 9.17) is 47.4 Å². The Kier molecular flexibility index (Phi) is 25.6. The van der Waals surface area contributed by atoms with Gasteiger partial charge in [-0.2, -0.15) is 0 Å². The van der Waals surface area contributed by atoms with E-state index in [2.05, 4.69) is 20.5 Å². The van der Waals surface area contributed by atoms with Crippen LogP contribution in [0.25, 0.3) is 0 Å². The molecular formula is C42H74N3O34P. The number of carbonyl (C=O) groups excluding carboxylic acids is 3. The highest BCUT2D eigenvalue weighted by molar-refractivity contribution is 7.46. The molecule has 0 unspecified atom stereocenters. The molecule has 5 aliphatic heterocycles. The molecule has 0 bridgehead atoms. The van der Waals surface area contributed by atoms with E-state index < -0.39 is 250 Å². The molecule has 466 valence electrons. The Hall–Kier alpha value is -2.56. The molecule has 0 spiro atoms. The zero-order chi connectivity index (χ0) is 59.8. The molecule has 0 aromatic rings. The zero-order valence-corrected chi connectivity index (χ0v) is 43.7. The first-order chi connectivity index (χ1) is 37.6. The summed E-state index contributed by atoms with van der Waals surface area (Å²) in [5.74, 6) is -2.80. The number of phosphoric ester groups is 1. The third-order valence-electron chi connectivity index (χ3n) is 13.5. The average Bonchev–Trinajstić information content (AvgIpc) is 3.40. The third-order valence-corrected chi connectivity index (χ3v) is 14.0. The van der Waals surface area contributed by atoms with E-state index in [-0.39, 0.29) is 0 Å². The van der Waals surface area contributed by atoms with Gasteiger partial charge in [-0.3, -0.25) is 18.9 Å². The van der Waals surface area contributed by atoms with Gasteiger partial charge in [0.25, 0.3) is 0 Å². The van der Waals surface area contributed by atoms with Gasteiger partial charge in [0, 0.05) is 20.8 Å².